The van der Waals surface area contributed by atoms with Crippen LogP contribution < -0.4 is 18.9 Å². The number of ether oxygens (including phenoxy) is 4. The Morgan fingerprint density at radius 3 is 2.21 bits per heavy atom. The maximum absolute atomic E-state index is 13.3. The maximum atomic E-state index is 13.3. The molecule has 1 aliphatic heterocycles. The minimum Gasteiger partial charge on any atom is -0.497 e. The van der Waals surface area contributed by atoms with Crippen LogP contribution in [0.1, 0.15) is 22.7 Å². The van der Waals surface area contributed by atoms with Gasteiger partial charge in [-0.15, -0.1) is 0 Å². The quantitative estimate of drug-likeness (QED) is 0.487. The zero-order chi connectivity index (χ0) is 24.1. The summed E-state index contributed by atoms with van der Waals surface area (Å²) in [6.07, 6.45) is 0.867. The van der Waals surface area contributed by atoms with E-state index >= 15 is 0 Å². The fraction of sp³-hybridized carbons (Fsp3) is 0.296. The van der Waals surface area contributed by atoms with Gasteiger partial charge < -0.3 is 23.8 Å². The lowest BCUT2D eigenvalue weighted by Gasteiger charge is -2.37. The maximum Gasteiger partial charge on any atom is 0.227 e. The predicted octanol–water partition coefficient (Wildman–Crippen LogP) is 4.60. The van der Waals surface area contributed by atoms with Gasteiger partial charge in [-0.25, -0.2) is 4.39 Å². The molecule has 1 unspecified atom stereocenters. The number of carbonyl (C=O) groups is 1. The van der Waals surface area contributed by atoms with Gasteiger partial charge in [-0.3, -0.25) is 4.79 Å². The highest BCUT2D eigenvalue weighted by Crippen LogP contribution is 2.38. The number of rotatable bonds is 8. The number of methoxy groups -OCH3 is 3. The topological polar surface area (TPSA) is 57.2 Å². The molecule has 0 aliphatic carbocycles. The van der Waals surface area contributed by atoms with E-state index in [1.807, 2.05) is 41.3 Å². The van der Waals surface area contributed by atoms with Gasteiger partial charge in [-0.2, -0.15) is 0 Å². The van der Waals surface area contributed by atoms with Crippen molar-refractivity contribution in [2.45, 2.75) is 18.9 Å². The van der Waals surface area contributed by atoms with Crippen LogP contribution in [0.25, 0.3) is 0 Å². The van der Waals surface area contributed by atoms with E-state index in [4.69, 9.17) is 18.9 Å². The summed E-state index contributed by atoms with van der Waals surface area (Å²) in [4.78, 5) is 15.2. The van der Waals surface area contributed by atoms with Crippen molar-refractivity contribution in [2.75, 3.05) is 34.5 Å². The third-order valence-corrected chi connectivity index (χ3v) is 6.06. The average molecular weight is 466 g/mol. The summed E-state index contributed by atoms with van der Waals surface area (Å²) in [5.41, 5.74) is 2.82. The fourth-order valence-corrected chi connectivity index (χ4v) is 4.23. The van der Waals surface area contributed by atoms with Gasteiger partial charge in [0.05, 0.1) is 33.8 Å². The zero-order valence-corrected chi connectivity index (χ0v) is 19.5. The molecule has 0 saturated heterocycles. The Morgan fingerprint density at radius 2 is 1.56 bits per heavy atom. The van der Waals surface area contributed by atoms with Gasteiger partial charge >= 0.3 is 0 Å². The number of amides is 1. The van der Waals surface area contributed by atoms with Crippen LogP contribution in [0.2, 0.25) is 0 Å². The molecule has 1 aliphatic rings. The lowest BCUT2D eigenvalue weighted by Crippen LogP contribution is -2.43. The summed E-state index contributed by atoms with van der Waals surface area (Å²) in [7, 11) is 4.81. The van der Waals surface area contributed by atoms with E-state index in [1.54, 1.807) is 33.5 Å². The number of carbonyl (C=O) groups excluding carboxylic acids is 1. The van der Waals surface area contributed by atoms with Crippen molar-refractivity contribution in [3.63, 3.8) is 0 Å². The monoisotopic (exact) mass is 465 g/mol. The first kappa shape index (κ1) is 23.4. The molecule has 0 radical (unpaired) electrons. The standard InChI is InChI=1S/C27H28FNO5/c1-31-21-8-10-22(11-9-21)34-17-24-23-16-26(33-3)25(32-2)15-19(23)12-13-29(24)27(30)14-18-4-6-20(28)7-5-18/h4-11,15-16,24H,12-14,17H2,1-3H3. The van der Waals surface area contributed by atoms with Gasteiger partial charge in [0.15, 0.2) is 11.5 Å². The van der Waals surface area contributed by atoms with Crippen LogP contribution in [0, 0.1) is 5.82 Å². The molecule has 0 fully saturated rings. The summed E-state index contributed by atoms with van der Waals surface area (Å²) < 4.78 is 35.6. The van der Waals surface area contributed by atoms with Crippen LogP contribution in [0.5, 0.6) is 23.0 Å². The van der Waals surface area contributed by atoms with Crippen LogP contribution in [0.3, 0.4) is 0 Å². The molecule has 0 saturated carbocycles. The van der Waals surface area contributed by atoms with E-state index < -0.39 is 0 Å². The van der Waals surface area contributed by atoms with E-state index in [0.717, 1.165) is 22.4 Å². The van der Waals surface area contributed by atoms with Gasteiger partial charge in [-0.1, -0.05) is 12.1 Å². The van der Waals surface area contributed by atoms with Crippen LogP contribution in [0.4, 0.5) is 4.39 Å². The molecule has 1 atom stereocenters. The minimum atomic E-state index is -0.324. The minimum absolute atomic E-state index is 0.0460. The SMILES string of the molecule is COc1ccc(OCC2c3cc(OC)c(OC)cc3CCN2C(=O)Cc2ccc(F)cc2)cc1. The molecule has 34 heavy (non-hydrogen) atoms. The van der Waals surface area contributed by atoms with Gasteiger partial charge in [0.1, 0.15) is 23.9 Å². The molecule has 6 nitrogen and oxygen atoms in total. The first-order chi connectivity index (χ1) is 16.5. The van der Waals surface area contributed by atoms with Crippen molar-refractivity contribution in [1.82, 2.24) is 4.90 Å². The Hall–Kier alpha value is -3.74. The second-order valence-corrected chi connectivity index (χ2v) is 8.05. The van der Waals surface area contributed by atoms with Gasteiger partial charge in [0.2, 0.25) is 5.91 Å². The predicted molar refractivity (Wildman–Crippen MR) is 126 cm³/mol. The molecule has 178 valence electrons. The summed E-state index contributed by atoms with van der Waals surface area (Å²) >= 11 is 0. The van der Waals surface area contributed by atoms with E-state index in [0.29, 0.717) is 30.2 Å². The number of fused-ring (bicyclic) bond motifs is 1. The number of hydrogen-bond donors (Lipinski definition) is 0. The van der Waals surface area contributed by atoms with Crippen LogP contribution >= 0.6 is 0 Å². The number of hydrogen-bond acceptors (Lipinski definition) is 5. The first-order valence-electron chi connectivity index (χ1n) is 11.1. The van der Waals surface area contributed by atoms with Gasteiger partial charge in [0, 0.05) is 6.54 Å². The van der Waals surface area contributed by atoms with Crippen LogP contribution in [-0.2, 0) is 17.6 Å². The van der Waals surface area contributed by atoms with Crippen molar-refractivity contribution in [3.8, 4) is 23.0 Å². The molecule has 4 rings (SSSR count). The molecular weight excluding hydrogens is 437 g/mol. The molecule has 1 heterocycles. The first-order valence-corrected chi connectivity index (χ1v) is 11.1. The number of benzene rings is 3. The Balaban J connectivity index is 1.62. The molecule has 3 aromatic rings. The van der Waals surface area contributed by atoms with E-state index in [1.165, 1.54) is 12.1 Å². The molecular formula is C27H28FNO5. The second-order valence-electron chi connectivity index (χ2n) is 8.05. The van der Waals surface area contributed by atoms with Crippen LogP contribution in [0.15, 0.2) is 60.7 Å². The highest BCUT2D eigenvalue weighted by Gasteiger charge is 2.32. The third kappa shape index (κ3) is 5.09. The number of nitrogens with zero attached hydrogens (tertiary/aromatic N) is 1. The highest BCUT2D eigenvalue weighted by molar-refractivity contribution is 5.80. The number of halogens is 1. The molecule has 7 heteroatoms. The summed E-state index contributed by atoms with van der Waals surface area (Å²) in [6, 6.07) is 16.9. The van der Waals surface area contributed by atoms with Crippen molar-refractivity contribution in [1.29, 1.82) is 0 Å². The molecule has 0 bridgehead atoms. The summed E-state index contributed by atoms with van der Waals surface area (Å²) in [6.45, 7) is 0.809. The summed E-state index contributed by atoms with van der Waals surface area (Å²) in [5, 5.41) is 0. The molecule has 0 N–H and O–H groups in total. The fourth-order valence-electron chi connectivity index (χ4n) is 4.23. The Kier molecular flexibility index (Phi) is 7.21. The molecule has 1 amide bonds. The lowest BCUT2D eigenvalue weighted by molar-refractivity contribution is -0.134. The Bertz CT molecular complexity index is 1130. The van der Waals surface area contributed by atoms with E-state index in [2.05, 4.69) is 0 Å². The zero-order valence-electron chi connectivity index (χ0n) is 19.5. The van der Waals surface area contributed by atoms with Crippen molar-refractivity contribution in [3.05, 3.63) is 83.2 Å². The highest BCUT2D eigenvalue weighted by atomic mass is 19.1. The normalized spacial score (nSPS) is 14.8. The largest absolute Gasteiger partial charge is 0.497 e. The third-order valence-electron chi connectivity index (χ3n) is 6.06. The second kappa shape index (κ2) is 10.5. The van der Waals surface area contributed by atoms with Crippen molar-refractivity contribution >= 4 is 5.91 Å². The van der Waals surface area contributed by atoms with Gasteiger partial charge in [0.25, 0.3) is 0 Å². The van der Waals surface area contributed by atoms with Crippen molar-refractivity contribution in [2.24, 2.45) is 0 Å². The smallest absolute Gasteiger partial charge is 0.227 e. The Morgan fingerprint density at radius 1 is 0.912 bits per heavy atom. The average Bonchev–Trinajstić information content (AvgIpc) is 2.87. The molecule has 3 aromatic carbocycles. The Labute approximate surface area is 198 Å². The van der Waals surface area contributed by atoms with E-state index in [9.17, 15) is 9.18 Å². The molecule has 0 aromatic heterocycles. The summed E-state index contributed by atoms with van der Waals surface area (Å²) in [5.74, 6) is 2.30. The van der Waals surface area contributed by atoms with E-state index in [-0.39, 0.29) is 30.8 Å². The van der Waals surface area contributed by atoms with Gasteiger partial charge in [-0.05, 0) is 71.6 Å². The lowest BCUT2D eigenvalue weighted by atomic mass is 9.91. The molecule has 0 spiro atoms. The van der Waals surface area contributed by atoms with Crippen LogP contribution in [-0.4, -0.2) is 45.3 Å². The van der Waals surface area contributed by atoms with Crippen molar-refractivity contribution < 1.29 is 28.1 Å².